The Morgan fingerprint density at radius 2 is 1.89 bits per heavy atom. The highest BCUT2D eigenvalue weighted by atomic mass is 19.1. The third kappa shape index (κ3) is 5.68. The van der Waals surface area contributed by atoms with E-state index in [0.717, 1.165) is 63.2 Å². The zero-order valence-electron chi connectivity index (χ0n) is 20.9. The van der Waals surface area contributed by atoms with Crippen molar-refractivity contribution in [1.29, 1.82) is 0 Å². The topological polar surface area (TPSA) is 102 Å². The third-order valence-electron chi connectivity index (χ3n) is 7.21. The largest absolute Gasteiger partial charge is 0.367 e. The van der Waals surface area contributed by atoms with Crippen LogP contribution in [0.4, 0.5) is 19.4 Å². The number of likely N-dealkylation sites (tertiary alicyclic amines) is 1. The fourth-order valence-corrected chi connectivity index (χ4v) is 5.36. The fourth-order valence-electron chi connectivity index (χ4n) is 5.36. The quantitative estimate of drug-likeness (QED) is 0.387. The van der Waals surface area contributed by atoms with Crippen molar-refractivity contribution in [3.63, 3.8) is 0 Å². The Morgan fingerprint density at radius 1 is 1.11 bits per heavy atom. The molecule has 0 radical (unpaired) electrons. The molecule has 3 heterocycles. The SMILES string of the molecule is CC(=O)NCc1ccc(N[C@@H]2CCC[C@H](NC(=O)N3CCCC3)C2)nc1-c1c[nH]c2c(F)cc(F)cc12. The van der Waals surface area contributed by atoms with E-state index in [9.17, 15) is 18.4 Å². The fraction of sp³-hybridized carbons (Fsp3) is 0.444. The van der Waals surface area contributed by atoms with E-state index in [1.807, 2.05) is 17.0 Å². The van der Waals surface area contributed by atoms with Gasteiger partial charge in [0.2, 0.25) is 5.91 Å². The molecule has 2 fully saturated rings. The number of carbonyl (C=O) groups excluding carboxylic acids is 2. The second-order valence-electron chi connectivity index (χ2n) is 9.97. The molecule has 2 atom stereocenters. The lowest BCUT2D eigenvalue weighted by molar-refractivity contribution is -0.119. The first-order chi connectivity index (χ1) is 17.9. The lowest BCUT2D eigenvalue weighted by Gasteiger charge is -2.32. The first kappa shape index (κ1) is 25.0. The van der Waals surface area contributed by atoms with Gasteiger partial charge in [-0.2, -0.15) is 0 Å². The summed E-state index contributed by atoms with van der Waals surface area (Å²) in [6.45, 7) is 3.30. The van der Waals surface area contributed by atoms with E-state index in [4.69, 9.17) is 4.98 Å². The normalized spacial score (nSPS) is 19.7. The van der Waals surface area contributed by atoms with Crippen molar-refractivity contribution in [3.8, 4) is 11.3 Å². The predicted octanol–water partition coefficient (Wildman–Crippen LogP) is 4.67. The second kappa shape index (κ2) is 10.7. The number of hydrogen-bond donors (Lipinski definition) is 4. The predicted molar refractivity (Wildman–Crippen MR) is 138 cm³/mol. The van der Waals surface area contributed by atoms with Crippen molar-refractivity contribution in [2.45, 2.75) is 64.1 Å². The van der Waals surface area contributed by atoms with Crippen LogP contribution in [0.1, 0.15) is 51.0 Å². The molecule has 196 valence electrons. The number of H-pyrrole nitrogens is 1. The van der Waals surface area contributed by atoms with Crippen molar-refractivity contribution in [2.24, 2.45) is 0 Å². The molecule has 2 aliphatic rings. The van der Waals surface area contributed by atoms with Gasteiger partial charge in [0.15, 0.2) is 0 Å². The molecule has 0 spiro atoms. The van der Waals surface area contributed by atoms with Crippen molar-refractivity contribution < 1.29 is 18.4 Å². The van der Waals surface area contributed by atoms with Gasteiger partial charge in [-0.15, -0.1) is 0 Å². The lowest BCUT2D eigenvalue weighted by atomic mass is 9.91. The van der Waals surface area contributed by atoms with Crippen LogP contribution in [-0.4, -0.2) is 52.0 Å². The van der Waals surface area contributed by atoms with Crippen LogP contribution in [0.3, 0.4) is 0 Å². The maximum Gasteiger partial charge on any atom is 0.317 e. The number of amides is 3. The molecule has 10 heteroatoms. The zero-order chi connectivity index (χ0) is 25.9. The summed E-state index contributed by atoms with van der Waals surface area (Å²) < 4.78 is 28.4. The van der Waals surface area contributed by atoms with Gasteiger partial charge in [-0.25, -0.2) is 18.6 Å². The average molecular weight is 511 g/mol. The summed E-state index contributed by atoms with van der Waals surface area (Å²) in [7, 11) is 0. The summed E-state index contributed by atoms with van der Waals surface area (Å²) in [5, 5.41) is 9.85. The van der Waals surface area contributed by atoms with Crippen molar-refractivity contribution in [2.75, 3.05) is 18.4 Å². The lowest BCUT2D eigenvalue weighted by Crippen LogP contribution is -2.47. The van der Waals surface area contributed by atoms with Gasteiger partial charge in [-0.3, -0.25) is 4.79 Å². The molecule has 0 unspecified atom stereocenters. The minimum atomic E-state index is -0.678. The minimum Gasteiger partial charge on any atom is -0.367 e. The van der Waals surface area contributed by atoms with Gasteiger partial charge >= 0.3 is 6.03 Å². The molecule has 5 rings (SSSR count). The Morgan fingerprint density at radius 3 is 2.68 bits per heavy atom. The standard InChI is InChI=1S/C27H32F2N6O2/c1-16(36)30-14-17-7-8-24(34-25(17)22-15-31-26-21(22)11-18(28)12-23(26)29)32-19-5-4-6-20(13-19)33-27(37)35-9-2-3-10-35/h7-8,11-12,15,19-20,31H,2-6,9-10,13-14H2,1H3,(H,30,36)(H,32,34)(H,33,37)/t19-,20+/m1/s1. The number of halogens is 2. The third-order valence-corrected chi connectivity index (χ3v) is 7.21. The smallest absolute Gasteiger partial charge is 0.317 e. The van der Waals surface area contributed by atoms with Crippen molar-refractivity contribution >= 4 is 28.7 Å². The number of rotatable bonds is 6. The minimum absolute atomic E-state index is 0.0182. The monoisotopic (exact) mass is 510 g/mol. The number of hydrogen-bond acceptors (Lipinski definition) is 4. The highest BCUT2D eigenvalue weighted by Gasteiger charge is 2.26. The van der Waals surface area contributed by atoms with Crippen LogP contribution in [0, 0.1) is 11.6 Å². The number of urea groups is 1. The maximum atomic E-state index is 14.4. The molecule has 37 heavy (non-hydrogen) atoms. The van der Waals surface area contributed by atoms with E-state index in [1.54, 1.807) is 6.20 Å². The van der Waals surface area contributed by atoms with Crippen LogP contribution >= 0.6 is 0 Å². The number of nitrogens with one attached hydrogen (secondary N) is 4. The summed E-state index contributed by atoms with van der Waals surface area (Å²) in [4.78, 5) is 33.7. The number of benzene rings is 1. The van der Waals surface area contributed by atoms with Crippen LogP contribution in [0.5, 0.6) is 0 Å². The van der Waals surface area contributed by atoms with Crippen molar-refractivity contribution in [3.05, 3.63) is 47.7 Å². The number of aromatic amines is 1. The van der Waals surface area contributed by atoms with E-state index in [-0.39, 0.29) is 36.1 Å². The van der Waals surface area contributed by atoms with Crippen molar-refractivity contribution in [1.82, 2.24) is 25.5 Å². The van der Waals surface area contributed by atoms with Gasteiger partial charge in [-0.1, -0.05) is 6.07 Å². The van der Waals surface area contributed by atoms with Gasteiger partial charge in [0.05, 0.1) is 11.2 Å². The Kier molecular flexibility index (Phi) is 7.25. The molecule has 1 aliphatic carbocycles. The summed E-state index contributed by atoms with van der Waals surface area (Å²) in [6.07, 6.45) is 7.39. The zero-order valence-corrected chi connectivity index (χ0v) is 20.9. The molecule has 3 aromatic rings. The highest BCUT2D eigenvalue weighted by molar-refractivity contribution is 5.96. The average Bonchev–Trinajstić information content (AvgIpc) is 3.54. The Bertz CT molecular complexity index is 1300. The highest BCUT2D eigenvalue weighted by Crippen LogP contribution is 2.33. The van der Waals surface area contributed by atoms with E-state index in [2.05, 4.69) is 20.9 Å². The summed E-state index contributed by atoms with van der Waals surface area (Å²) in [5.41, 5.74) is 2.01. The van der Waals surface area contributed by atoms with Crippen LogP contribution in [0.15, 0.2) is 30.5 Å². The first-order valence-corrected chi connectivity index (χ1v) is 12.9. The summed E-state index contributed by atoms with van der Waals surface area (Å²) in [6, 6.07) is 6.07. The van der Waals surface area contributed by atoms with Gasteiger partial charge in [-0.05, 0) is 56.2 Å². The van der Waals surface area contributed by atoms with E-state index >= 15 is 0 Å². The molecule has 0 bridgehead atoms. The maximum absolute atomic E-state index is 14.4. The molecule has 1 saturated carbocycles. The molecule has 4 N–H and O–H groups in total. The Balaban J connectivity index is 1.37. The number of aromatic nitrogens is 2. The summed E-state index contributed by atoms with van der Waals surface area (Å²) >= 11 is 0. The molecular weight excluding hydrogens is 478 g/mol. The molecule has 3 amide bonds. The Hall–Kier alpha value is -3.69. The van der Waals surface area contributed by atoms with Crippen LogP contribution < -0.4 is 16.0 Å². The van der Waals surface area contributed by atoms with Gasteiger partial charge in [0, 0.05) is 61.9 Å². The number of nitrogens with zero attached hydrogens (tertiary/aromatic N) is 2. The van der Waals surface area contributed by atoms with E-state index in [0.29, 0.717) is 22.5 Å². The molecule has 1 aliphatic heterocycles. The van der Waals surface area contributed by atoms with Crippen LogP contribution in [0.2, 0.25) is 0 Å². The number of anilines is 1. The van der Waals surface area contributed by atoms with E-state index < -0.39 is 11.6 Å². The number of carbonyl (C=O) groups is 2. The van der Waals surface area contributed by atoms with Crippen LogP contribution in [0.25, 0.3) is 22.2 Å². The molecule has 8 nitrogen and oxygen atoms in total. The van der Waals surface area contributed by atoms with E-state index in [1.165, 1.54) is 13.0 Å². The number of fused-ring (bicyclic) bond motifs is 1. The second-order valence-corrected chi connectivity index (χ2v) is 9.97. The Labute approximate surface area is 214 Å². The summed E-state index contributed by atoms with van der Waals surface area (Å²) in [5.74, 6) is -0.909. The molecule has 1 saturated heterocycles. The van der Waals surface area contributed by atoms with Crippen LogP contribution in [-0.2, 0) is 11.3 Å². The van der Waals surface area contributed by atoms with Gasteiger partial charge in [0.1, 0.15) is 17.5 Å². The number of pyridine rings is 1. The molecule has 1 aromatic carbocycles. The van der Waals surface area contributed by atoms with Gasteiger partial charge in [0.25, 0.3) is 0 Å². The molecule has 2 aromatic heterocycles. The first-order valence-electron chi connectivity index (χ1n) is 12.9. The molecular formula is C27H32F2N6O2. The van der Waals surface area contributed by atoms with Gasteiger partial charge < -0.3 is 25.8 Å².